The van der Waals surface area contributed by atoms with Crippen molar-refractivity contribution in [3.8, 4) is 0 Å². The van der Waals surface area contributed by atoms with Gasteiger partial charge >= 0.3 is 6.18 Å². The summed E-state index contributed by atoms with van der Waals surface area (Å²) in [7, 11) is 0. The predicted molar refractivity (Wildman–Crippen MR) is 86.7 cm³/mol. The molecule has 25 heavy (non-hydrogen) atoms. The third-order valence-electron chi connectivity index (χ3n) is 5.06. The minimum atomic E-state index is -4.43. The Hall–Kier alpha value is -1.60. The third-order valence-corrected chi connectivity index (χ3v) is 5.06. The van der Waals surface area contributed by atoms with E-state index in [1.807, 2.05) is 0 Å². The van der Waals surface area contributed by atoms with Gasteiger partial charge in [-0.2, -0.15) is 13.2 Å². The first kappa shape index (κ1) is 18.2. The summed E-state index contributed by atoms with van der Waals surface area (Å²) < 4.78 is 45.8. The summed E-state index contributed by atoms with van der Waals surface area (Å²) in [4.78, 5) is 14.5. The van der Waals surface area contributed by atoms with Crippen LogP contribution in [0.3, 0.4) is 0 Å². The number of likely N-dealkylation sites (tertiary alicyclic amines) is 1. The second kappa shape index (κ2) is 7.33. The van der Waals surface area contributed by atoms with E-state index in [-0.39, 0.29) is 17.6 Å². The number of benzene rings is 1. The standard InChI is InChI=1S/C18H23F3N2O2/c19-18(20,21)14-6-2-1-5-13(14)15-7-3-4-10-23(15)17(24)16-9-8-12(11-22)25-16/h1-2,5-6,12,15-16H,3-4,7-11,22H2/t12-,15?,16+/m1/s1. The maximum atomic E-state index is 13.4. The second-order valence-electron chi connectivity index (χ2n) is 6.69. The maximum Gasteiger partial charge on any atom is 0.416 e. The van der Waals surface area contributed by atoms with Crippen molar-refractivity contribution in [1.29, 1.82) is 0 Å². The zero-order valence-electron chi connectivity index (χ0n) is 14.0. The van der Waals surface area contributed by atoms with E-state index in [2.05, 4.69) is 0 Å². The van der Waals surface area contributed by atoms with Gasteiger partial charge in [0.2, 0.25) is 0 Å². The largest absolute Gasteiger partial charge is 0.416 e. The number of halogens is 3. The number of amides is 1. The molecule has 2 aliphatic heterocycles. The highest BCUT2D eigenvalue weighted by molar-refractivity contribution is 5.82. The van der Waals surface area contributed by atoms with Crippen LogP contribution in [0, 0.1) is 0 Å². The second-order valence-corrected chi connectivity index (χ2v) is 6.69. The highest BCUT2D eigenvalue weighted by Gasteiger charge is 2.40. The molecule has 2 N–H and O–H groups in total. The van der Waals surface area contributed by atoms with Crippen molar-refractivity contribution in [1.82, 2.24) is 4.90 Å². The summed E-state index contributed by atoms with van der Waals surface area (Å²) in [6.45, 7) is 0.812. The summed E-state index contributed by atoms with van der Waals surface area (Å²) in [6, 6.07) is 4.99. The van der Waals surface area contributed by atoms with Crippen molar-refractivity contribution >= 4 is 5.91 Å². The first-order valence-electron chi connectivity index (χ1n) is 8.74. The van der Waals surface area contributed by atoms with E-state index in [1.54, 1.807) is 11.0 Å². The van der Waals surface area contributed by atoms with E-state index in [1.165, 1.54) is 12.1 Å². The van der Waals surface area contributed by atoms with Crippen LogP contribution in [0.2, 0.25) is 0 Å². The Morgan fingerprint density at radius 2 is 1.96 bits per heavy atom. The molecule has 1 unspecified atom stereocenters. The van der Waals surface area contributed by atoms with Crippen LogP contribution >= 0.6 is 0 Å². The molecule has 7 heteroatoms. The van der Waals surface area contributed by atoms with E-state index in [0.717, 1.165) is 18.9 Å². The van der Waals surface area contributed by atoms with E-state index in [4.69, 9.17) is 10.5 Å². The van der Waals surface area contributed by atoms with Gasteiger partial charge in [0, 0.05) is 13.1 Å². The van der Waals surface area contributed by atoms with Gasteiger partial charge in [0.25, 0.3) is 5.91 Å². The number of ether oxygens (including phenoxy) is 1. The molecule has 0 spiro atoms. The zero-order chi connectivity index (χ0) is 18.0. The van der Waals surface area contributed by atoms with Gasteiger partial charge in [-0.05, 0) is 43.7 Å². The van der Waals surface area contributed by atoms with Crippen molar-refractivity contribution in [3.05, 3.63) is 35.4 Å². The van der Waals surface area contributed by atoms with Crippen molar-refractivity contribution in [2.75, 3.05) is 13.1 Å². The van der Waals surface area contributed by atoms with Crippen molar-refractivity contribution in [2.45, 2.75) is 56.5 Å². The summed E-state index contributed by atoms with van der Waals surface area (Å²) in [6.07, 6.45) is -1.74. The zero-order valence-corrected chi connectivity index (χ0v) is 14.0. The molecule has 1 amide bonds. The molecule has 0 saturated carbocycles. The molecule has 0 bridgehead atoms. The molecule has 3 atom stereocenters. The quantitative estimate of drug-likeness (QED) is 0.904. The average molecular weight is 356 g/mol. The molecule has 4 nitrogen and oxygen atoms in total. The smallest absolute Gasteiger partial charge is 0.364 e. The van der Waals surface area contributed by atoms with Crippen LogP contribution in [-0.2, 0) is 15.7 Å². The van der Waals surface area contributed by atoms with Gasteiger partial charge in [0.05, 0.1) is 17.7 Å². The molecule has 0 aromatic heterocycles. The number of piperidine rings is 1. The Bertz CT molecular complexity index is 621. The van der Waals surface area contributed by atoms with Crippen LogP contribution in [-0.4, -0.2) is 36.1 Å². The minimum absolute atomic E-state index is 0.139. The summed E-state index contributed by atoms with van der Waals surface area (Å²) in [5.74, 6) is -0.211. The van der Waals surface area contributed by atoms with E-state index in [9.17, 15) is 18.0 Å². The number of nitrogens with two attached hydrogens (primary N) is 1. The van der Waals surface area contributed by atoms with E-state index in [0.29, 0.717) is 32.4 Å². The molecule has 0 radical (unpaired) electrons. The lowest BCUT2D eigenvalue weighted by atomic mass is 9.91. The number of carbonyl (C=O) groups is 1. The van der Waals surface area contributed by atoms with Crippen LogP contribution in [0.1, 0.15) is 49.3 Å². The van der Waals surface area contributed by atoms with Crippen LogP contribution in [0.5, 0.6) is 0 Å². The molecule has 138 valence electrons. The van der Waals surface area contributed by atoms with Crippen LogP contribution < -0.4 is 5.73 Å². The van der Waals surface area contributed by atoms with Crippen LogP contribution in [0.15, 0.2) is 24.3 Å². The Kier molecular flexibility index (Phi) is 5.34. The topological polar surface area (TPSA) is 55.6 Å². The van der Waals surface area contributed by atoms with E-state index < -0.39 is 23.9 Å². The fourth-order valence-corrected chi connectivity index (χ4v) is 3.81. The van der Waals surface area contributed by atoms with Crippen LogP contribution in [0.4, 0.5) is 13.2 Å². The van der Waals surface area contributed by atoms with Gasteiger partial charge in [-0.3, -0.25) is 4.79 Å². The predicted octanol–water partition coefficient (Wildman–Crippen LogP) is 3.27. The highest BCUT2D eigenvalue weighted by atomic mass is 19.4. The monoisotopic (exact) mass is 356 g/mol. The molecule has 2 fully saturated rings. The first-order chi connectivity index (χ1) is 11.9. The third kappa shape index (κ3) is 3.82. The van der Waals surface area contributed by atoms with Gasteiger partial charge < -0.3 is 15.4 Å². The molecule has 2 aliphatic rings. The van der Waals surface area contributed by atoms with Gasteiger partial charge in [-0.25, -0.2) is 0 Å². The average Bonchev–Trinajstić information content (AvgIpc) is 3.09. The maximum absolute atomic E-state index is 13.4. The highest BCUT2D eigenvalue weighted by Crippen LogP contribution is 2.40. The number of hydrogen-bond donors (Lipinski definition) is 1. The van der Waals surface area contributed by atoms with Crippen LogP contribution in [0.25, 0.3) is 0 Å². The number of carbonyl (C=O) groups excluding carboxylic acids is 1. The summed E-state index contributed by atoms with van der Waals surface area (Å²) in [5.41, 5.74) is 5.10. The van der Waals surface area contributed by atoms with Gasteiger partial charge in [0.1, 0.15) is 6.10 Å². The number of hydrogen-bond acceptors (Lipinski definition) is 3. The molecular weight excluding hydrogens is 333 g/mol. The number of rotatable bonds is 3. The molecule has 0 aliphatic carbocycles. The van der Waals surface area contributed by atoms with Gasteiger partial charge in [-0.15, -0.1) is 0 Å². The summed E-state index contributed by atoms with van der Waals surface area (Å²) >= 11 is 0. The summed E-state index contributed by atoms with van der Waals surface area (Å²) in [5, 5.41) is 0. The number of nitrogens with zero attached hydrogens (tertiary/aromatic N) is 1. The molecule has 2 heterocycles. The fourth-order valence-electron chi connectivity index (χ4n) is 3.81. The Morgan fingerprint density at radius 3 is 2.64 bits per heavy atom. The van der Waals surface area contributed by atoms with Gasteiger partial charge in [-0.1, -0.05) is 18.2 Å². The SMILES string of the molecule is NC[C@H]1CC[C@@H](C(=O)N2CCCCC2c2ccccc2C(F)(F)F)O1. The Morgan fingerprint density at radius 1 is 1.20 bits per heavy atom. The lowest BCUT2D eigenvalue weighted by molar-refractivity contribution is -0.148. The molecule has 2 saturated heterocycles. The van der Waals surface area contributed by atoms with Crippen molar-refractivity contribution in [2.24, 2.45) is 5.73 Å². The number of alkyl halides is 3. The molecule has 1 aromatic carbocycles. The normalized spacial score (nSPS) is 27.5. The van der Waals surface area contributed by atoms with Crippen molar-refractivity contribution in [3.63, 3.8) is 0 Å². The molecule has 1 aromatic rings. The fraction of sp³-hybridized carbons (Fsp3) is 0.611. The molecule has 3 rings (SSSR count). The van der Waals surface area contributed by atoms with E-state index >= 15 is 0 Å². The lowest BCUT2D eigenvalue weighted by Crippen LogP contribution is -2.44. The minimum Gasteiger partial charge on any atom is -0.364 e. The van der Waals surface area contributed by atoms with Crippen molar-refractivity contribution < 1.29 is 22.7 Å². The van der Waals surface area contributed by atoms with Gasteiger partial charge in [0.15, 0.2) is 0 Å². The lowest BCUT2D eigenvalue weighted by Gasteiger charge is -2.38. The Balaban J connectivity index is 1.86. The first-order valence-corrected chi connectivity index (χ1v) is 8.74. The Labute approximate surface area is 145 Å². The molecular formula is C18H23F3N2O2.